The van der Waals surface area contributed by atoms with Gasteiger partial charge in [-0.15, -0.1) is 10.2 Å². The van der Waals surface area contributed by atoms with Gasteiger partial charge < -0.3 is 19.7 Å². The number of nitrogens with zero attached hydrogens (tertiary/aromatic N) is 6. The van der Waals surface area contributed by atoms with E-state index in [1.165, 1.54) is 18.9 Å². The van der Waals surface area contributed by atoms with Crippen molar-refractivity contribution >= 4 is 17.9 Å². The minimum Gasteiger partial charge on any atom is -0.494 e. The van der Waals surface area contributed by atoms with Crippen LogP contribution in [0.4, 0.5) is 5.95 Å². The maximum absolute atomic E-state index is 8.11. The third kappa shape index (κ3) is 8.12. The first kappa shape index (κ1) is 29.8. The first-order valence-corrected chi connectivity index (χ1v) is 13.2. The summed E-state index contributed by atoms with van der Waals surface area (Å²) in [6.07, 6.45) is 7.38. The van der Waals surface area contributed by atoms with Gasteiger partial charge in [0.2, 0.25) is 5.95 Å². The third-order valence-corrected chi connectivity index (χ3v) is 6.21. The number of hydrogen-bond donors (Lipinski definition) is 3. The lowest BCUT2D eigenvalue weighted by Crippen LogP contribution is -2.11. The second-order valence-electron chi connectivity index (χ2n) is 8.89. The fraction of sp³-hybridized carbons (Fsp3) is 0.370. The van der Waals surface area contributed by atoms with E-state index in [1.54, 1.807) is 26.6 Å². The molecule has 208 valence electrons. The number of aliphatic hydroxyl groups excluding tert-OH is 2. The zero-order valence-electron chi connectivity index (χ0n) is 23.0. The summed E-state index contributed by atoms with van der Waals surface area (Å²) in [6, 6.07) is 7.66. The maximum atomic E-state index is 8.11. The van der Waals surface area contributed by atoms with Gasteiger partial charge in [0.15, 0.2) is 5.82 Å². The highest BCUT2D eigenvalue weighted by atomic mass is 32.2. The second-order valence-corrected chi connectivity index (χ2v) is 10.1. The number of aromatic nitrogens is 6. The number of benzene rings is 1. The predicted molar refractivity (Wildman–Crippen MR) is 152 cm³/mol. The van der Waals surface area contributed by atoms with Crippen LogP contribution in [0, 0.1) is 13.8 Å². The molecular formula is C27H35N7O4S. The summed E-state index contributed by atoms with van der Waals surface area (Å²) in [5.74, 6) is 3.23. The van der Waals surface area contributed by atoms with Gasteiger partial charge in [-0.1, -0.05) is 13.0 Å². The summed E-state index contributed by atoms with van der Waals surface area (Å²) >= 11 is 1.53. The Labute approximate surface area is 232 Å². The van der Waals surface area contributed by atoms with E-state index < -0.39 is 6.10 Å². The lowest BCUT2D eigenvalue weighted by Gasteiger charge is -2.18. The monoisotopic (exact) mass is 553 g/mol. The Hall–Kier alpha value is -3.74. The van der Waals surface area contributed by atoms with Crippen molar-refractivity contribution in [2.75, 3.05) is 25.5 Å². The Morgan fingerprint density at radius 1 is 0.974 bits per heavy atom. The standard InChI is InChI=1S/C24H27N7O2S.C3H8O2/c1-15-9-18(14-25-11-15)23-28-29-24(30-34-17(3)10-21-26-12-16(2)13-27-21)31(23)22-19(32-4)7-6-8-20(22)33-5;1-3(5)2-4/h6-9,11-14,17H,10H2,1-5H3,(H,29,30);3-5H,2H2,1H3. The molecule has 0 aliphatic rings. The van der Waals surface area contributed by atoms with Gasteiger partial charge in [0.25, 0.3) is 0 Å². The molecule has 4 rings (SSSR count). The summed E-state index contributed by atoms with van der Waals surface area (Å²) < 4.78 is 16.6. The molecule has 0 saturated heterocycles. The zero-order valence-corrected chi connectivity index (χ0v) is 23.8. The molecule has 39 heavy (non-hydrogen) atoms. The van der Waals surface area contributed by atoms with E-state index >= 15 is 0 Å². The summed E-state index contributed by atoms with van der Waals surface area (Å²) in [5.41, 5.74) is 3.60. The van der Waals surface area contributed by atoms with Crippen molar-refractivity contribution in [1.29, 1.82) is 0 Å². The molecule has 0 spiro atoms. The lowest BCUT2D eigenvalue weighted by atomic mass is 10.2. The zero-order chi connectivity index (χ0) is 28.4. The average molecular weight is 554 g/mol. The first-order chi connectivity index (χ1) is 18.8. The Balaban J connectivity index is 0.000000771. The summed E-state index contributed by atoms with van der Waals surface area (Å²) in [6.45, 7) is 7.46. The van der Waals surface area contributed by atoms with Crippen LogP contribution in [0.3, 0.4) is 0 Å². The van der Waals surface area contributed by atoms with E-state index in [0.29, 0.717) is 35.4 Å². The van der Waals surface area contributed by atoms with Crippen LogP contribution in [0.2, 0.25) is 0 Å². The van der Waals surface area contributed by atoms with E-state index in [-0.39, 0.29) is 11.9 Å². The van der Waals surface area contributed by atoms with Crippen LogP contribution in [0.1, 0.15) is 30.8 Å². The van der Waals surface area contributed by atoms with Gasteiger partial charge in [-0.2, -0.15) is 0 Å². The van der Waals surface area contributed by atoms with Crippen LogP contribution >= 0.6 is 11.9 Å². The number of aliphatic hydroxyl groups is 2. The molecule has 0 bridgehead atoms. The largest absolute Gasteiger partial charge is 0.494 e. The average Bonchev–Trinajstić information content (AvgIpc) is 3.36. The van der Waals surface area contributed by atoms with Crippen LogP contribution < -0.4 is 14.2 Å². The molecule has 11 nitrogen and oxygen atoms in total. The van der Waals surface area contributed by atoms with E-state index in [0.717, 1.165) is 22.5 Å². The molecule has 12 heteroatoms. The SMILES string of the molecule is CC(O)CO.COc1cccc(OC)c1-n1c(NSC(C)Cc2ncc(C)cn2)nnc1-c1cncc(C)c1. The minimum absolute atomic E-state index is 0.139. The van der Waals surface area contributed by atoms with Crippen LogP contribution in [0.15, 0.2) is 49.1 Å². The fourth-order valence-electron chi connectivity index (χ4n) is 3.46. The van der Waals surface area contributed by atoms with Crippen molar-refractivity contribution in [2.24, 2.45) is 0 Å². The lowest BCUT2D eigenvalue weighted by molar-refractivity contribution is 0.110. The van der Waals surface area contributed by atoms with Crippen molar-refractivity contribution in [3.63, 3.8) is 0 Å². The molecular weight excluding hydrogens is 518 g/mol. The third-order valence-electron chi connectivity index (χ3n) is 5.34. The van der Waals surface area contributed by atoms with Crippen LogP contribution in [0.25, 0.3) is 17.1 Å². The first-order valence-electron chi connectivity index (χ1n) is 12.3. The fourth-order valence-corrected chi connectivity index (χ4v) is 4.13. The number of rotatable bonds is 10. The molecule has 3 aromatic heterocycles. The number of pyridine rings is 1. The number of para-hydroxylation sites is 1. The Kier molecular flexibility index (Phi) is 11.0. The topological polar surface area (TPSA) is 140 Å². The van der Waals surface area contributed by atoms with Gasteiger partial charge in [0.05, 0.1) is 26.9 Å². The van der Waals surface area contributed by atoms with Crippen LogP contribution in [-0.4, -0.2) is 72.1 Å². The molecule has 2 atom stereocenters. The smallest absolute Gasteiger partial charge is 0.239 e. The van der Waals surface area contributed by atoms with Crippen molar-refractivity contribution < 1.29 is 19.7 Å². The van der Waals surface area contributed by atoms with Gasteiger partial charge in [-0.3, -0.25) is 14.3 Å². The molecule has 3 heterocycles. The Morgan fingerprint density at radius 2 is 1.62 bits per heavy atom. The summed E-state index contributed by atoms with van der Waals surface area (Å²) in [5, 5.41) is 25.1. The number of aryl methyl sites for hydroxylation is 2. The highest BCUT2D eigenvalue weighted by Gasteiger charge is 2.23. The molecule has 0 saturated carbocycles. The van der Waals surface area contributed by atoms with E-state index in [4.69, 9.17) is 19.7 Å². The molecule has 2 unspecified atom stereocenters. The molecule has 0 amide bonds. The molecule has 1 aromatic carbocycles. The summed E-state index contributed by atoms with van der Waals surface area (Å²) in [7, 11) is 3.25. The van der Waals surface area contributed by atoms with Crippen molar-refractivity contribution in [3.05, 3.63) is 66.0 Å². The quantitative estimate of drug-likeness (QED) is 0.247. The summed E-state index contributed by atoms with van der Waals surface area (Å²) in [4.78, 5) is 13.2. The predicted octanol–water partition coefficient (Wildman–Crippen LogP) is 3.80. The number of anilines is 1. The number of ether oxygens (including phenoxy) is 2. The van der Waals surface area contributed by atoms with Gasteiger partial charge >= 0.3 is 0 Å². The van der Waals surface area contributed by atoms with Gasteiger partial charge in [0, 0.05) is 42.0 Å². The number of methoxy groups -OCH3 is 2. The highest BCUT2D eigenvalue weighted by Crippen LogP contribution is 2.38. The molecule has 0 fully saturated rings. The maximum Gasteiger partial charge on any atom is 0.239 e. The Morgan fingerprint density at radius 3 is 2.18 bits per heavy atom. The normalized spacial score (nSPS) is 12.2. The minimum atomic E-state index is -0.560. The molecule has 0 aliphatic carbocycles. The molecule has 0 aliphatic heterocycles. The second kappa shape index (κ2) is 14.4. The molecule has 3 N–H and O–H groups in total. The van der Waals surface area contributed by atoms with Crippen LogP contribution in [0.5, 0.6) is 11.5 Å². The number of hydrogen-bond acceptors (Lipinski definition) is 11. The van der Waals surface area contributed by atoms with E-state index in [2.05, 4.69) is 36.8 Å². The highest BCUT2D eigenvalue weighted by molar-refractivity contribution is 8.01. The Bertz CT molecular complexity index is 1310. The van der Waals surface area contributed by atoms with Crippen molar-refractivity contribution in [2.45, 2.75) is 45.5 Å². The number of nitrogens with one attached hydrogen (secondary N) is 1. The van der Waals surface area contributed by atoms with E-state index in [9.17, 15) is 0 Å². The van der Waals surface area contributed by atoms with Gasteiger partial charge in [0.1, 0.15) is 23.0 Å². The van der Waals surface area contributed by atoms with Gasteiger partial charge in [-0.05, 0) is 62.0 Å². The van der Waals surface area contributed by atoms with Crippen molar-refractivity contribution in [1.82, 2.24) is 29.7 Å². The van der Waals surface area contributed by atoms with E-state index in [1.807, 2.05) is 55.1 Å². The molecule has 4 aromatic rings. The van der Waals surface area contributed by atoms with Crippen molar-refractivity contribution in [3.8, 4) is 28.6 Å². The molecule has 0 radical (unpaired) electrons. The van der Waals surface area contributed by atoms with Crippen LogP contribution in [-0.2, 0) is 6.42 Å². The van der Waals surface area contributed by atoms with Gasteiger partial charge in [-0.25, -0.2) is 9.97 Å².